The van der Waals surface area contributed by atoms with Gasteiger partial charge in [0.25, 0.3) is 0 Å². The van der Waals surface area contributed by atoms with Crippen molar-refractivity contribution in [2.75, 3.05) is 0 Å². The zero-order valence-electron chi connectivity index (χ0n) is 12.5. The Kier molecular flexibility index (Phi) is 8.35. The first-order valence-electron chi connectivity index (χ1n) is 6.88. The second kappa shape index (κ2) is 9.17. The number of hydrogen-bond acceptors (Lipinski definition) is 3. The van der Waals surface area contributed by atoms with Crippen molar-refractivity contribution in [1.82, 2.24) is 16.0 Å². The molecule has 0 aliphatic heterocycles. The summed E-state index contributed by atoms with van der Waals surface area (Å²) in [6.07, 6.45) is 1.92. The number of carbonyl (C=O) groups is 3. The van der Waals surface area contributed by atoms with Crippen molar-refractivity contribution in [3.8, 4) is 0 Å². The van der Waals surface area contributed by atoms with Gasteiger partial charge in [0.2, 0.25) is 5.91 Å². The van der Waals surface area contributed by atoms with Gasteiger partial charge in [0.1, 0.15) is 12.1 Å². The minimum atomic E-state index is -1.08. The van der Waals surface area contributed by atoms with Gasteiger partial charge in [-0.1, -0.05) is 19.8 Å². The molecular weight excluding hydrogens is 262 g/mol. The van der Waals surface area contributed by atoms with E-state index in [2.05, 4.69) is 16.0 Å². The third kappa shape index (κ3) is 7.60. The highest BCUT2D eigenvalue weighted by Gasteiger charge is 2.21. The topological polar surface area (TPSA) is 108 Å². The molecule has 7 nitrogen and oxygen atoms in total. The SMILES string of the molecule is CCCC[C@H](NC(=O)NC(C)C(=O)NC(C)C)C(=O)O. The normalized spacial score (nSPS) is 13.4. The smallest absolute Gasteiger partial charge is 0.326 e. The molecular formula is C13H25N3O4. The van der Waals surface area contributed by atoms with Gasteiger partial charge in [-0.3, -0.25) is 4.79 Å². The molecule has 0 heterocycles. The molecule has 116 valence electrons. The van der Waals surface area contributed by atoms with Crippen LogP contribution >= 0.6 is 0 Å². The summed E-state index contributed by atoms with van der Waals surface area (Å²) in [5, 5.41) is 16.4. The highest BCUT2D eigenvalue weighted by Crippen LogP contribution is 2.00. The van der Waals surface area contributed by atoms with E-state index >= 15 is 0 Å². The van der Waals surface area contributed by atoms with Crippen molar-refractivity contribution < 1.29 is 19.5 Å². The molecule has 0 aliphatic rings. The molecule has 0 bridgehead atoms. The second-order valence-electron chi connectivity index (χ2n) is 5.04. The Labute approximate surface area is 119 Å². The van der Waals surface area contributed by atoms with Crippen molar-refractivity contribution in [3.05, 3.63) is 0 Å². The number of carbonyl (C=O) groups excluding carboxylic acids is 2. The summed E-state index contributed by atoms with van der Waals surface area (Å²) in [5.74, 6) is -1.39. The monoisotopic (exact) mass is 287 g/mol. The van der Waals surface area contributed by atoms with Crippen LogP contribution in [0.15, 0.2) is 0 Å². The van der Waals surface area contributed by atoms with E-state index in [0.717, 1.165) is 6.42 Å². The molecule has 0 radical (unpaired) electrons. The minimum Gasteiger partial charge on any atom is -0.480 e. The number of urea groups is 1. The maximum atomic E-state index is 11.7. The molecule has 0 fully saturated rings. The van der Waals surface area contributed by atoms with Crippen LogP contribution in [0.25, 0.3) is 0 Å². The predicted molar refractivity (Wildman–Crippen MR) is 75.4 cm³/mol. The van der Waals surface area contributed by atoms with Crippen LogP contribution in [0.1, 0.15) is 47.0 Å². The fraction of sp³-hybridized carbons (Fsp3) is 0.769. The van der Waals surface area contributed by atoms with E-state index < -0.39 is 24.1 Å². The Hall–Kier alpha value is -1.79. The van der Waals surface area contributed by atoms with Crippen molar-refractivity contribution in [2.24, 2.45) is 0 Å². The number of unbranched alkanes of at least 4 members (excludes halogenated alkanes) is 1. The summed E-state index contributed by atoms with van der Waals surface area (Å²) in [7, 11) is 0. The molecule has 2 atom stereocenters. The molecule has 0 spiro atoms. The number of carboxylic acid groups (broad SMARTS) is 1. The maximum Gasteiger partial charge on any atom is 0.326 e. The first-order chi connectivity index (χ1) is 9.27. The summed E-state index contributed by atoms with van der Waals surface area (Å²) in [4.78, 5) is 34.3. The zero-order valence-corrected chi connectivity index (χ0v) is 12.5. The van der Waals surface area contributed by atoms with Crippen molar-refractivity contribution in [1.29, 1.82) is 0 Å². The summed E-state index contributed by atoms with van der Waals surface area (Å²) in [6.45, 7) is 7.11. The van der Waals surface area contributed by atoms with Gasteiger partial charge >= 0.3 is 12.0 Å². The quantitative estimate of drug-likeness (QED) is 0.530. The molecule has 1 unspecified atom stereocenters. The Morgan fingerprint density at radius 2 is 1.65 bits per heavy atom. The lowest BCUT2D eigenvalue weighted by Gasteiger charge is -2.19. The maximum absolute atomic E-state index is 11.7. The van der Waals surface area contributed by atoms with Crippen molar-refractivity contribution in [2.45, 2.75) is 65.1 Å². The lowest BCUT2D eigenvalue weighted by atomic mass is 10.1. The predicted octanol–water partition coefficient (Wildman–Crippen LogP) is 0.842. The molecule has 20 heavy (non-hydrogen) atoms. The third-order valence-electron chi connectivity index (χ3n) is 2.62. The van der Waals surface area contributed by atoms with Crippen LogP contribution < -0.4 is 16.0 Å². The molecule has 3 amide bonds. The Morgan fingerprint density at radius 3 is 2.10 bits per heavy atom. The Bertz CT molecular complexity index is 345. The van der Waals surface area contributed by atoms with Gasteiger partial charge in [0.15, 0.2) is 0 Å². The number of hydrogen-bond donors (Lipinski definition) is 4. The van der Waals surface area contributed by atoms with Crippen LogP contribution in [0, 0.1) is 0 Å². The van der Waals surface area contributed by atoms with Gasteiger partial charge in [-0.2, -0.15) is 0 Å². The van der Waals surface area contributed by atoms with Gasteiger partial charge in [-0.15, -0.1) is 0 Å². The summed E-state index contributed by atoms with van der Waals surface area (Å²) >= 11 is 0. The standard InChI is InChI=1S/C13H25N3O4/c1-5-6-7-10(12(18)19)16-13(20)15-9(4)11(17)14-8(2)3/h8-10H,5-7H2,1-4H3,(H,14,17)(H,18,19)(H2,15,16,20)/t9?,10-/m0/s1. The highest BCUT2D eigenvalue weighted by molar-refractivity contribution is 5.88. The van der Waals surface area contributed by atoms with Crippen LogP contribution in [-0.4, -0.2) is 41.1 Å². The van der Waals surface area contributed by atoms with E-state index in [9.17, 15) is 14.4 Å². The van der Waals surface area contributed by atoms with Crippen LogP contribution in [0.5, 0.6) is 0 Å². The number of carboxylic acids is 1. The molecule has 0 aromatic rings. The van der Waals surface area contributed by atoms with Gasteiger partial charge in [-0.25, -0.2) is 9.59 Å². The van der Waals surface area contributed by atoms with E-state index in [-0.39, 0.29) is 11.9 Å². The third-order valence-corrected chi connectivity index (χ3v) is 2.62. The summed E-state index contributed by atoms with van der Waals surface area (Å²) in [5.41, 5.74) is 0. The molecule has 7 heteroatoms. The Balaban J connectivity index is 4.30. The lowest BCUT2D eigenvalue weighted by Crippen LogP contribution is -2.53. The number of amides is 3. The zero-order chi connectivity index (χ0) is 15.7. The minimum absolute atomic E-state index is 0.0221. The summed E-state index contributed by atoms with van der Waals surface area (Å²) < 4.78 is 0. The number of nitrogens with one attached hydrogen (secondary N) is 3. The molecule has 0 saturated carbocycles. The van der Waals surface area contributed by atoms with Crippen LogP contribution in [0.2, 0.25) is 0 Å². The molecule has 4 N–H and O–H groups in total. The Morgan fingerprint density at radius 1 is 1.05 bits per heavy atom. The van der Waals surface area contributed by atoms with Gasteiger partial charge in [-0.05, 0) is 27.2 Å². The first-order valence-corrected chi connectivity index (χ1v) is 6.88. The largest absolute Gasteiger partial charge is 0.480 e. The van der Waals surface area contributed by atoms with E-state index in [0.29, 0.717) is 12.8 Å². The van der Waals surface area contributed by atoms with Crippen molar-refractivity contribution >= 4 is 17.9 Å². The van der Waals surface area contributed by atoms with Gasteiger partial charge in [0, 0.05) is 6.04 Å². The molecule has 0 aliphatic carbocycles. The van der Waals surface area contributed by atoms with Crippen LogP contribution in [-0.2, 0) is 9.59 Å². The van der Waals surface area contributed by atoms with E-state index in [1.165, 1.54) is 0 Å². The molecule has 0 aromatic carbocycles. The molecule has 0 saturated heterocycles. The number of aliphatic carboxylic acids is 1. The summed E-state index contributed by atoms with van der Waals surface area (Å²) in [6, 6.07) is -2.33. The average molecular weight is 287 g/mol. The van der Waals surface area contributed by atoms with Gasteiger partial charge < -0.3 is 21.1 Å². The highest BCUT2D eigenvalue weighted by atomic mass is 16.4. The van der Waals surface area contributed by atoms with E-state index in [1.807, 2.05) is 20.8 Å². The van der Waals surface area contributed by atoms with Crippen molar-refractivity contribution in [3.63, 3.8) is 0 Å². The van der Waals surface area contributed by atoms with E-state index in [1.54, 1.807) is 6.92 Å². The molecule has 0 rings (SSSR count). The fourth-order valence-corrected chi connectivity index (χ4v) is 1.54. The lowest BCUT2D eigenvalue weighted by molar-refractivity contribution is -0.139. The fourth-order valence-electron chi connectivity index (χ4n) is 1.54. The van der Waals surface area contributed by atoms with Gasteiger partial charge in [0.05, 0.1) is 0 Å². The van der Waals surface area contributed by atoms with Crippen LogP contribution in [0.4, 0.5) is 4.79 Å². The molecule has 0 aromatic heterocycles. The van der Waals surface area contributed by atoms with E-state index in [4.69, 9.17) is 5.11 Å². The van der Waals surface area contributed by atoms with Crippen LogP contribution in [0.3, 0.4) is 0 Å². The number of rotatable bonds is 8. The average Bonchev–Trinajstić information content (AvgIpc) is 2.32. The first kappa shape index (κ1) is 18.2. The second-order valence-corrected chi connectivity index (χ2v) is 5.04.